The number of unbranched alkanes of at least 4 members (excludes halogenated alkanes) is 1. The van der Waals surface area contributed by atoms with E-state index in [1.54, 1.807) is 0 Å². The van der Waals surface area contributed by atoms with Crippen LogP contribution in [0.3, 0.4) is 0 Å². The fraction of sp³-hybridized carbons (Fsp3) is 0.346. The Kier molecular flexibility index (Phi) is 7.48. The molecule has 0 N–H and O–H groups in total. The molecule has 0 spiro atoms. The molecule has 0 unspecified atom stereocenters. The third kappa shape index (κ3) is 6.41. The fourth-order valence-corrected chi connectivity index (χ4v) is 3.92. The summed E-state index contributed by atoms with van der Waals surface area (Å²) in [5.41, 5.74) is 3.48. The van der Waals surface area contributed by atoms with Gasteiger partial charge >= 0.3 is 0 Å². The predicted octanol–water partition coefficient (Wildman–Crippen LogP) is 4.99. The van der Waals surface area contributed by atoms with Gasteiger partial charge in [0.05, 0.1) is 0 Å². The van der Waals surface area contributed by atoms with Crippen molar-refractivity contribution in [1.29, 1.82) is 0 Å². The molecule has 1 fully saturated rings. The lowest BCUT2D eigenvalue weighted by Gasteiger charge is -2.34. The maximum atomic E-state index is 5.49. The lowest BCUT2D eigenvalue weighted by Crippen LogP contribution is -2.46. The van der Waals surface area contributed by atoms with Crippen molar-refractivity contribution in [2.24, 2.45) is 0 Å². The topological polar surface area (TPSA) is 32.5 Å². The van der Waals surface area contributed by atoms with Crippen molar-refractivity contribution >= 4 is 12.2 Å². The molecule has 30 heavy (non-hydrogen) atoms. The van der Waals surface area contributed by atoms with E-state index in [4.69, 9.17) is 4.52 Å². The summed E-state index contributed by atoms with van der Waals surface area (Å²) in [5.74, 6) is 0.982. The first-order chi connectivity index (χ1) is 14.8. The highest BCUT2D eigenvalue weighted by Crippen LogP contribution is 2.13. The summed E-state index contributed by atoms with van der Waals surface area (Å²) >= 11 is 0. The zero-order valence-corrected chi connectivity index (χ0v) is 17.6. The van der Waals surface area contributed by atoms with Crippen LogP contribution in [0.1, 0.15) is 35.4 Å². The van der Waals surface area contributed by atoms with Crippen molar-refractivity contribution in [1.82, 2.24) is 15.0 Å². The van der Waals surface area contributed by atoms with E-state index in [1.807, 2.05) is 24.3 Å². The Bertz CT molecular complexity index is 896. The Hall–Kier alpha value is -2.69. The molecule has 1 saturated heterocycles. The van der Waals surface area contributed by atoms with Gasteiger partial charge in [-0.2, -0.15) is 0 Å². The molecule has 4 heteroatoms. The Morgan fingerprint density at radius 2 is 1.50 bits per heavy atom. The molecule has 4 nitrogen and oxygen atoms in total. The van der Waals surface area contributed by atoms with E-state index in [0.29, 0.717) is 0 Å². The molecule has 1 aliphatic heterocycles. The SMILES string of the molecule is C(=C\c1cc(CCCCN2CCN(Cc3ccccc3)CC2)on1)/c1ccccc1. The van der Waals surface area contributed by atoms with Crippen LogP contribution in [-0.2, 0) is 13.0 Å². The van der Waals surface area contributed by atoms with Gasteiger partial charge in [-0.25, -0.2) is 0 Å². The fourth-order valence-electron chi connectivity index (χ4n) is 3.92. The van der Waals surface area contributed by atoms with Crippen molar-refractivity contribution in [2.75, 3.05) is 32.7 Å². The zero-order chi connectivity index (χ0) is 20.4. The average Bonchev–Trinajstić information content (AvgIpc) is 3.26. The molecular weight excluding hydrogens is 370 g/mol. The lowest BCUT2D eigenvalue weighted by atomic mass is 10.1. The number of hydrogen-bond acceptors (Lipinski definition) is 4. The summed E-state index contributed by atoms with van der Waals surface area (Å²) < 4.78 is 5.49. The van der Waals surface area contributed by atoms with E-state index < -0.39 is 0 Å². The first-order valence-electron chi connectivity index (χ1n) is 11.0. The second kappa shape index (κ2) is 10.9. The van der Waals surface area contributed by atoms with Gasteiger partial charge in [0, 0.05) is 45.2 Å². The monoisotopic (exact) mass is 401 g/mol. The molecule has 0 saturated carbocycles. The van der Waals surface area contributed by atoms with Crippen LogP contribution in [0.5, 0.6) is 0 Å². The Morgan fingerprint density at radius 1 is 0.800 bits per heavy atom. The van der Waals surface area contributed by atoms with E-state index in [1.165, 1.54) is 37.2 Å². The summed E-state index contributed by atoms with van der Waals surface area (Å²) in [5, 5.41) is 4.16. The van der Waals surface area contributed by atoms with Crippen LogP contribution in [0.15, 0.2) is 71.3 Å². The average molecular weight is 402 g/mol. The second-order valence-electron chi connectivity index (χ2n) is 8.02. The highest BCUT2D eigenvalue weighted by atomic mass is 16.5. The van der Waals surface area contributed by atoms with Gasteiger partial charge in [0.2, 0.25) is 0 Å². The summed E-state index contributed by atoms with van der Waals surface area (Å²) in [6.07, 6.45) is 7.38. The van der Waals surface area contributed by atoms with Gasteiger partial charge in [0.15, 0.2) is 0 Å². The molecule has 2 heterocycles. The first-order valence-corrected chi connectivity index (χ1v) is 11.0. The number of benzene rings is 2. The van der Waals surface area contributed by atoms with Crippen molar-refractivity contribution in [3.8, 4) is 0 Å². The summed E-state index contributed by atoms with van der Waals surface area (Å²) in [6.45, 7) is 6.91. The number of rotatable bonds is 9. The van der Waals surface area contributed by atoms with Crippen molar-refractivity contribution < 1.29 is 4.52 Å². The van der Waals surface area contributed by atoms with Crippen LogP contribution in [0, 0.1) is 0 Å². The maximum Gasteiger partial charge on any atom is 0.137 e. The van der Waals surface area contributed by atoms with E-state index >= 15 is 0 Å². The van der Waals surface area contributed by atoms with Crippen molar-refractivity contribution in [2.45, 2.75) is 25.8 Å². The van der Waals surface area contributed by atoms with Gasteiger partial charge < -0.3 is 9.42 Å². The Morgan fingerprint density at radius 3 is 2.27 bits per heavy atom. The third-order valence-electron chi connectivity index (χ3n) is 5.68. The van der Waals surface area contributed by atoms with Crippen LogP contribution in [-0.4, -0.2) is 47.7 Å². The summed E-state index contributed by atoms with van der Waals surface area (Å²) in [4.78, 5) is 5.15. The molecule has 1 aliphatic rings. The Labute approximate surface area is 179 Å². The van der Waals surface area contributed by atoms with Crippen LogP contribution < -0.4 is 0 Å². The third-order valence-corrected chi connectivity index (χ3v) is 5.68. The zero-order valence-electron chi connectivity index (χ0n) is 17.6. The molecule has 4 rings (SSSR count). The molecule has 3 aromatic rings. The van der Waals surface area contributed by atoms with Crippen molar-refractivity contribution in [3.05, 3.63) is 89.3 Å². The molecule has 1 aromatic heterocycles. The first kappa shape index (κ1) is 20.6. The Balaban J connectivity index is 1.12. The number of piperazine rings is 1. The van der Waals surface area contributed by atoms with Crippen LogP contribution >= 0.6 is 0 Å². The minimum absolute atomic E-state index is 0.892. The number of aryl methyl sites for hydroxylation is 1. The minimum atomic E-state index is 0.892. The standard InChI is InChI=1S/C26H31N3O/c1-3-9-23(10-4-1)14-15-25-21-26(30-27-25)13-7-8-16-28-17-19-29(20-18-28)22-24-11-5-2-6-12-24/h1-6,9-12,14-15,21H,7-8,13,16-20,22H2/b15-14+. The van der Waals surface area contributed by atoms with Crippen LogP contribution in [0.2, 0.25) is 0 Å². The maximum absolute atomic E-state index is 5.49. The van der Waals surface area contributed by atoms with E-state index in [0.717, 1.165) is 43.9 Å². The summed E-state index contributed by atoms with van der Waals surface area (Å²) in [6, 6.07) is 23.1. The van der Waals surface area contributed by atoms with Crippen molar-refractivity contribution in [3.63, 3.8) is 0 Å². The van der Waals surface area contributed by atoms with Crippen LogP contribution in [0.4, 0.5) is 0 Å². The van der Waals surface area contributed by atoms with Gasteiger partial charge in [0.1, 0.15) is 11.5 Å². The largest absolute Gasteiger partial charge is 0.361 e. The van der Waals surface area contributed by atoms with Gasteiger partial charge in [-0.15, -0.1) is 0 Å². The molecule has 0 aliphatic carbocycles. The lowest BCUT2D eigenvalue weighted by molar-refractivity contribution is 0.125. The van der Waals surface area contributed by atoms with Gasteiger partial charge in [-0.1, -0.05) is 71.9 Å². The number of hydrogen-bond donors (Lipinski definition) is 0. The molecule has 0 amide bonds. The highest BCUT2D eigenvalue weighted by molar-refractivity contribution is 5.67. The molecule has 0 bridgehead atoms. The summed E-state index contributed by atoms with van der Waals surface area (Å²) in [7, 11) is 0. The van der Waals surface area contributed by atoms with E-state index in [-0.39, 0.29) is 0 Å². The second-order valence-corrected chi connectivity index (χ2v) is 8.02. The quantitative estimate of drug-likeness (QED) is 0.473. The molecule has 0 atom stereocenters. The molecule has 2 aromatic carbocycles. The van der Waals surface area contributed by atoms with Gasteiger partial charge in [-0.05, 0) is 36.6 Å². The number of nitrogens with zero attached hydrogens (tertiary/aromatic N) is 3. The van der Waals surface area contributed by atoms with Gasteiger partial charge in [0.25, 0.3) is 0 Å². The van der Waals surface area contributed by atoms with Gasteiger partial charge in [-0.3, -0.25) is 4.90 Å². The van der Waals surface area contributed by atoms with E-state index in [2.05, 4.69) is 69.6 Å². The van der Waals surface area contributed by atoms with Crippen LogP contribution in [0.25, 0.3) is 12.2 Å². The smallest absolute Gasteiger partial charge is 0.137 e. The molecule has 0 radical (unpaired) electrons. The normalized spacial score (nSPS) is 15.7. The molecular formula is C26H31N3O. The minimum Gasteiger partial charge on any atom is -0.361 e. The highest BCUT2D eigenvalue weighted by Gasteiger charge is 2.16. The molecule has 156 valence electrons. The van der Waals surface area contributed by atoms with E-state index in [9.17, 15) is 0 Å². The predicted molar refractivity (Wildman–Crippen MR) is 123 cm³/mol. The number of aromatic nitrogens is 1.